The molecule has 31 heavy (non-hydrogen) atoms. The fourth-order valence-electron chi connectivity index (χ4n) is 4.07. The highest BCUT2D eigenvalue weighted by Crippen LogP contribution is 2.31. The number of sulfonamides is 2. The van der Waals surface area contributed by atoms with Gasteiger partial charge in [0, 0.05) is 30.1 Å². The second-order valence-electron chi connectivity index (χ2n) is 7.64. The Morgan fingerprint density at radius 2 is 1.81 bits per heavy atom. The van der Waals surface area contributed by atoms with Crippen molar-refractivity contribution in [3.05, 3.63) is 59.3 Å². The largest absolute Gasteiger partial charge is 0.361 e. The van der Waals surface area contributed by atoms with Gasteiger partial charge in [-0.1, -0.05) is 18.2 Å². The van der Waals surface area contributed by atoms with Crippen molar-refractivity contribution < 1.29 is 21.6 Å². The van der Waals surface area contributed by atoms with Crippen molar-refractivity contribution >= 4 is 42.5 Å². The average molecular weight is 462 g/mol. The number of aryl methyl sites for hydroxylation is 2. The van der Waals surface area contributed by atoms with Gasteiger partial charge in [-0.3, -0.25) is 4.79 Å². The van der Waals surface area contributed by atoms with E-state index in [1.54, 1.807) is 13.8 Å². The normalized spacial score (nSPS) is 16.3. The van der Waals surface area contributed by atoms with Crippen LogP contribution in [0.3, 0.4) is 0 Å². The summed E-state index contributed by atoms with van der Waals surface area (Å²) >= 11 is 0. The molecule has 0 aliphatic carbocycles. The lowest BCUT2D eigenvalue weighted by atomic mass is 10.1. The Morgan fingerprint density at radius 1 is 1.13 bits per heavy atom. The van der Waals surface area contributed by atoms with Crippen LogP contribution in [0.15, 0.2) is 47.5 Å². The number of aromatic nitrogens is 1. The van der Waals surface area contributed by atoms with E-state index < -0.39 is 26.0 Å². The predicted molar refractivity (Wildman–Crippen MR) is 119 cm³/mol. The molecule has 1 amide bonds. The first kappa shape index (κ1) is 21.5. The fourth-order valence-corrected chi connectivity index (χ4v) is 6.99. The lowest BCUT2D eigenvalue weighted by molar-refractivity contribution is -0.116. The molecule has 1 aliphatic heterocycles. The summed E-state index contributed by atoms with van der Waals surface area (Å²) in [5.41, 5.74) is 2.94. The summed E-state index contributed by atoms with van der Waals surface area (Å²) in [5.74, 6) is -0.745. The third kappa shape index (κ3) is 3.98. The lowest BCUT2D eigenvalue weighted by Gasteiger charge is -2.19. The van der Waals surface area contributed by atoms with E-state index in [4.69, 9.17) is 0 Å². The molecule has 2 aromatic carbocycles. The second kappa shape index (κ2) is 7.77. The van der Waals surface area contributed by atoms with Gasteiger partial charge >= 0.3 is 0 Å². The van der Waals surface area contributed by atoms with Crippen LogP contribution in [0.2, 0.25) is 0 Å². The van der Waals surface area contributed by atoms with E-state index in [1.165, 1.54) is 12.1 Å². The number of hydrogen-bond acceptors (Lipinski definition) is 5. The Kier molecular flexibility index (Phi) is 5.40. The number of aromatic amines is 1. The van der Waals surface area contributed by atoms with Gasteiger partial charge in [0.25, 0.3) is 0 Å². The van der Waals surface area contributed by atoms with Crippen molar-refractivity contribution in [1.82, 2.24) is 9.71 Å². The third-order valence-electron chi connectivity index (χ3n) is 5.39. The van der Waals surface area contributed by atoms with E-state index in [0.29, 0.717) is 17.5 Å². The topological polar surface area (TPSA) is 116 Å². The molecule has 0 radical (unpaired) electrons. The second-order valence-corrected chi connectivity index (χ2v) is 11.3. The summed E-state index contributed by atoms with van der Waals surface area (Å²) in [4.78, 5) is 15.3. The van der Waals surface area contributed by atoms with Gasteiger partial charge < -0.3 is 4.98 Å². The first-order chi connectivity index (χ1) is 14.6. The highest BCUT2D eigenvalue weighted by Gasteiger charge is 2.37. The molecule has 4 rings (SSSR count). The highest BCUT2D eigenvalue weighted by molar-refractivity contribution is 7.94. The summed E-state index contributed by atoms with van der Waals surface area (Å²) in [6.45, 7) is 3.40. The summed E-state index contributed by atoms with van der Waals surface area (Å²) < 4.78 is 53.7. The van der Waals surface area contributed by atoms with Crippen molar-refractivity contribution in [2.45, 2.75) is 31.6 Å². The Labute approximate surface area is 181 Å². The van der Waals surface area contributed by atoms with Crippen LogP contribution in [0, 0.1) is 13.8 Å². The van der Waals surface area contributed by atoms with E-state index >= 15 is 0 Å². The van der Waals surface area contributed by atoms with Crippen molar-refractivity contribution in [3.63, 3.8) is 0 Å². The fraction of sp³-hybridized carbons (Fsp3) is 0.286. The molecule has 164 valence electrons. The number of amides is 1. The number of hydrogen-bond donors (Lipinski definition) is 2. The van der Waals surface area contributed by atoms with Crippen LogP contribution in [0.1, 0.15) is 23.1 Å². The molecule has 8 nitrogen and oxygen atoms in total. The highest BCUT2D eigenvalue weighted by atomic mass is 32.2. The number of nitrogens with one attached hydrogen (secondary N) is 2. The quantitative estimate of drug-likeness (QED) is 0.585. The maximum Gasteiger partial charge on any atom is 0.242 e. The molecular formula is C21H23N3O5S2. The van der Waals surface area contributed by atoms with Gasteiger partial charge in [0.05, 0.1) is 16.3 Å². The van der Waals surface area contributed by atoms with Crippen LogP contribution in [0.5, 0.6) is 0 Å². The molecule has 0 atom stereocenters. The van der Waals surface area contributed by atoms with Gasteiger partial charge in [-0.05, 0) is 55.2 Å². The van der Waals surface area contributed by atoms with Gasteiger partial charge in [-0.15, -0.1) is 0 Å². The van der Waals surface area contributed by atoms with Gasteiger partial charge in [0.2, 0.25) is 26.0 Å². The summed E-state index contributed by atoms with van der Waals surface area (Å²) in [6, 6.07) is 10.7. The molecule has 1 aliphatic rings. The SMILES string of the molecule is Cc1cc(N2C(=O)CCS2(=O)=O)cc(C)c1S(=O)(=O)NCCc1c[nH]c2ccccc12. The smallest absolute Gasteiger partial charge is 0.242 e. The van der Waals surface area contributed by atoms with E-state index in [9.17, 15) is 21.6 Å². The molecule has 0 spiro atoms. The number of anilines is 1. The Morgan fingerprint density at radius 3 is 2.45 bits per heavy atom. The molecule has 2 heterocycles. The molecule has 0 unspecified atom stereocenters. The molecule has 10 heteroatoms. The number of rotatable bonds is 6. The van der Waals surface area contributed by atoms with Crippen LogP contribution in [-0.2, 0) is 31.3 Å². The van der Waals surface area contributed by atoms with E-state index in [-0.39, 0.29) is 29.3 Å². The summed E-state index contributed by atoms with van der Waals surface area (Å²) in [6.07, 6.45) is 2.31. The Balaban J connectivity index is 1.56. The number of H-pyrrole nitrogens is 1. The van der Waals surface area contributed by atoms with Gasteiger partial charge in [-0.25, -0.2) is 25.9 Å². The lowest BCUT2D eigenvalue weighted by Crippen LogP contribution is -2.30. The molecule has 0 saturated carbocycles. The molecule has 2 N–H and O–H groups in total. The van der Waals surface area contributed by atoms with Gasteiger partial charge in [0.1, 0.15) is 0 Å². The van der Waals surface area contributed by atoms with E-state index in [0.717, 1.165) is 20.8 Å². The molecule has 1 fully saturated rings. The monoisotopic (exact) mass is 461 g/mol. The van der Waals surface area contributed by atoms with Crippen LogP contribution in [0.25, 0.3) is 10.9 Å². The maximum absolute atomic E-state index is 13.0. The standard InChI is InChI=1S/C21H23N3O5S2/c1-14-11-17(24-20(25)8-10-30(24,26)27)12-15(2)21(14)31(28,29)23-9-7-16-13-22-19-6-4-3-5-18(16)19/h3-6,11-13,22-23H,7-10H2,1-2H3. The number of carbonyl (C=O) groups is 1. The van der Waals surface area contributed by atoms with Crippen LogP contribution >= 0.6 is 0 Å². The van der Waals surface area contributed by atoms with Crippen LogP contribution in [0.4, 0.5) is 5.69 Å². The molecular weight excluding hydrogens is 438 g/mol. The molecule has 1 saturated heterocycles. The molecule has 1 aromatic heterocycles. The van der Waals surface area contributed by atoms with Crippen molar-refractivity contribution in [3.8, 4) is 0 Å². The number of nitrogens with zero attached hydrogens (tertiary/aromatic N) is 1. The van der Waals surface area contributed by atoms with Crippen molar-refractivity contribution in [1.29, 1.82) is 0 Å². The maximum atomic E-state index is 13.0. The zero-order valence-corrected chi connectivity index (χ0v) is 18.8. The minimum Gasteiger partial charge on any atom is -0.361 e. The number of fused-ring (bicyclic) bond motifs is 1. The van der Waals surface area contributed by atoms with Gasteiger partial charge in [-0.2, -0.15) is 0 Å². The van der Waals surface area contributed by atoms with Crippen molar-refractivity contribution in [2.75, 3.05) is 16.6 Å². The first-order valence-corrected chi connectivity index (χ1v) is 12.9. The van der Waals surface area contributed by atoms with Crippen LogP contribution < -0.4 is 9.03 Å². The predicted octanol–water partition coefficient (Wildman–Crippen LogP) is 2.37. The zero-order chi connectivity index (χ0) is 22.4. The number of para-hydroxylation sites is 1. The molecule has 3 aromatic rings. The van der Waals surface area contributed by atoms with Crippen LogP contribution in [-0.4, -0.2) is 40.0 Å². The average Bonchev–Trinajstić information content (AvgIpc) is 3.21. The minimum absolute atomic E-state index is 0.0735. The summed E-state index contributed by atoms with van der Waals surface area (Å²) in [7, 11) is -7.54. The Hall–Kier alpha value is -2.69. The Bertz CT molecular complexity index is 1370. The summed E-state index contributed by atoms with van der Waals surface area (Å²) in [5, 5.41) is 1.05. The molecule has 0 bridgehead atoms. The van der Waals surface area contributed by atoms with E-state index in [2.05, 4.69) is 9.71 Å². The van der Waals surface area contributed by atoms with Crippen molar-refractivity contribution in [2.24, 2.45) is 0 Å². The zero-order valence-electron chi connectivity index (χ0n) is 17.2. The first-order valence-electron chi connectivity index (χ1n) is 9.82. The number of benzene rings is 2. The third-order valence-corrected chi connectivity index (χ3v) is 8.84. The number of carbonyl (C=O) groups excluding carboxylic acids is 1. The van der Waals surface area contributed by atoms with Gasteiger partial charge in [0.15, 0.2) is 0 Å². The minimum atomic E-state index is -3.82. The van der Waals surface area contributed by atoms with E-state index in [1.807, 2.05) is 30.5 Å².